The second-order valence-corrected chi connectivity index (χ2v) is 9.73. The van der Waals surface area contributed by atoms with Crippen LogP contribution in [0.3, 0.4) is 0 Å². The van der Waals surface area contributed by atoms with Crippen LogP contribution in [-0.2, 0) is 26.0 Å². The molecular weight excluding hydrogens is 463 g/mol. The Labute approximate surface area is 191 Å². The number of hydrogen-bond donors (Lipinski definition) is 2. The first-order valence-electron chi connectivity index (χ1n) is 9.71. The zero-order valence-corrected chi connectivity index (χ0v) is 19.1. The summed E-state index contributed by atoms with van der Waals surface area (Å²) in [7, 11) is -3.91. The molecule has 31 heavy (non-hydrogen) atoms. The van der Waals surface area contributed by atoms with Crippen LogP contribution in [0.4, 0.5) is 0 Å². The zero-order chi connectivity index (χ0) is 22.6. The van der Waals surface area contributed by atoms with Gasteiger partial charge in [-0.25, -0.2) is 17.9 Å². The lowest BCUT2D eigenvalue weighted by Gasteiger charge is -2.15. The van der Waals surface area contributed by atoms with Crippen LogP contribution in [0.2, 0.25) is 10.0 Å². The van der Waals surface area contributed by atoms with Crippen LogP contribution >= 0.6 is 23.2 Å². The number of esters is 1. The summed E-state index contributed by atoms with van der Waals surface area (Å²) in [6, 6.07) is 11.7. The molecule has 0 aliphatic heterocycles. The topological polar surface area (TPSA) is 102 Å². The fourth-order valence-corrected chi connectivity index (χ4v) is 4.93. The van der Waals surface area contributed by atoms with E-state index in [1.807, 2.05) is 30.3 Å². The highest BCUT2D eigenvalue weighted by Gasteiger charge is 2.31. The number of carbonyl (C=O) groups is 2. The van der Waals surface area contributed by atoms with Gasteiger partial charge in [0.15, 0.2) is 6.10 Å². The van der Waals surface area contributed by atoms with E-state index in [9.17, 15) is 18.0 Å². The van der Waals surface area contributed by atoms with E-state index in [0.717, 1.165) is 24.5 Å². The van der Waals surface area contributed by atoms with Crippen LogP contribution in [0.1, 0.15) is 35.7 Å². The van der Waals surface area contributed by atoms with Gasteiger partial charge in [0.2, 0.25) is 10.0 Å². The van der Waals surface area contributed by atoms with E-state index in [1.165, 1.54) is 13.0 Å². The number of nitrogens with one attached hydrogen (secondary N) is 2. The third-order valence-corrected chi connectivity index (χ3v) is 6.94. The summed E-state index contributed by atoms with van der Waals surface area (Å²) < 4.78 is 32.7. The van der Waals surface area contributed by atoms with E-state index >= 15 is 0 Å². The molecule has 0 saturated heterocycles. The maximum Gasteiger partial charge on any atom is 0.340 e. The lowest BCUT2D eigenvalue weighted by Crippen LogP contribution is -2.37. The number of benzene rings is 2. The molecule has 1 aliphatic rings. The Balaban J connectivity index is 1.63. The molecule has 7 nitrogen and oxygen atoms in total. The fraction of sp³-hybridized carbons (Fsp3) is 0.333. The Bertz CT molecular complexity index is 1070. The molecule has 1 aliphatic carbocycles. The van der Waals surface area contributed by atoms with Crippen molar-refractivity contribution in [3.05, 3.63) is 63.6 Å². The molecule has 0 aromatic heterocycles. The molecule has 2 aromatic carbocycles. The molecule has 0 bridgehead atoms. The van der Waals surface area contributed by atoms with E-state index in [1.54, 1.807) is 0 Å². The van der Waals surface area contributed by atoms with Crippen molar-refractivity contribution >= 4 is 45.1 Å². The molecule has 1 saturated carbocycles. The van der Waals surface area contributed by atoms with Crippen molar-refractivity contribution in [3.63, 3.8) is 0 Å². The maximum atomic E-state index is 12.6. The summed E-state index contributed by atoms with van der Waals surface area (Å²) in [6.45, 7) is 1.80. The lowest BCUT2D eigenvalue weighted by atomic mass is 10.1. The molecule has 166 valence electrons. The average Bonchev–Trinajstić information content (AvgIpc) is 3.51. The highest BCUT2D eigenvalue weighted by Crippen LogP contribution is 2.31. The van der Waals surface area contributed by atoms with E-state index < -0.39 is 28.0 Å². The fourth-order valence-electron chi connectivity index (χ4n) is 2.77. The van der Waals surface area contributed by atoms with Crippen molar-refractivity contribution in [3.8, 4) is 0 Å². The zero-order valence-electron chi connectivity index (χ0n) is 16.7. The van der Waals surface area contributed by atoms with Crippen LogP contribution in [0.5, 0.6) is 0 Å². The first kappa shape index (κ1) is 23.5. The van der Waals surface area contributed by atoms with Gasteiger partial charge in [0.05, 0.1) is 15.6 Å². The van der Waals surface area contributed by atoms with Crippen molar-refractivity contribution in [2.24, 2.45) is 0 Å². The van der Waals surface area contributed by atoms with Crippen LogP contribution in [0, 0.1) is 0 Å². The molecule has 10 heteroatoms. The van der Waals surface area contributed by atoms with Crippen molar-refractivity contribution in [1.82, 2.24) is 10.0 Å². The maximum absolute atomic E-state index is 12.6. The molecule has 1 unspecified atom stereocenters. The Morgan fingerprint density at radius 3 is 2.45 bits per heavy atom. The second kappa shape index (κ2) is 9.99. The third kappa shape index (κ3) is 6.43. The van der Waals surface area contributed by atoms with Crippen LogP contribution in [-0.4, -0.2) is 39.0 Å². The third-order valence-electron chi connectivity index (χ3n) is 4.64. The van der Waals surface area contributed by atoms with Crippen molar-refractivity contribution in [2.45, 2.75) is 43.2 Å². The standard InChI is InChI=1S/C21H22Cl2N2O5S/c1-13(20(26)24-10-9-14-5-3-2-4-6-14)30-21(27)16-11-19(18(23)12-17(16)22)31(28,29)25-15-7-8-15/h2-6,11-13,15,25H,7-10H2,1H3,(H,24,26). The van der Waals surface area contributed by atoms with E-state index in [0.29, 0.717) is 13.0 Å². The van der Waals surface area contributed by atoms with Crippen molar-refractivity contribution < 1.29 is 22.7 Å². The summed E-state index contributed by atoms with van der Waals surface area (Å²) in [5.74, 6) is -1.40. The van der Waals surface area contributed by atoms with Gasteiger partial charge in [-0.05, 0) is 43.9 Å². The SMILES string of the molecule is CC(OC(=O)c1cc(S(=O)(=O)NC2CC2)c(Cl)cc1Cl)C(=O)NCCc1ccccc1. The second-order valence-electron chi connectivity index (χ2n) is 7.23. The average molecular weight is 485 g/mol. The molecule has 1 fully saturated rings. The smallest absolute Gasteiger partial charge is 0.340 e. The molecule has 1 amide bonds. The number of amides is 1. The highest BCUT2D eigenvalue weighted by molar-refractivity contribution is 7.89. The van der Waals surface area contributed by atoms with Gasteiger partial charge in [-0.1, -0.05) is 53.5 Å². The minimum atomic E-state index is -3.91. The van der Waals surface area contributed by atoms with Gasteiger partial charge in [0.1, 0.15) is 4.90 Å². The largest absolute Gasteiger partial charge is 0.449 e. The van der Waals surface area contributed by atoms with E-state index in [4.69, 9.17) is 27.9 Å². The van der Waals surface area contributed by atoms with Gasteiger partial charge in [0, 0.05) is 12.6 Å². The highest BCUT2D eigenvalue weighted by atomic mass is 35.5. The van der Waals surface area contributed by atoms with Gasteiger partial charge in [-0.2, -0.15) is 0 Å². The first-order chi connectivity index (χ1) is 14.7. The van der Waals surface area contributed by atoms with Crippen molar-refractivity contribution in [2.75, 3.05) is 6.54 Å². The number of halogens is 2. The Kier molecular flexibility index (Phi) is 7.59. The Morgan fingerprint density at radius 1 is 1.13 bits per heavy atom. The van der Waals surface area contributed by atoms with Crippen molar-refractivity contribution in [1.29, 1.82) is 0 Å². The number of hydrogen-bond acceptors (Lipinski definition) is 5. The van der Waals surface area contributed by atoms with Crippen LogP contribution < -0.4 is 10.0 Å². The van der Waals surface area contributed by atoms with Crippen LogP contribution in [0.15, 0.2) is 47.4 Å². The Morgan fingerprint density at radius 2 is 1.81 bits per heavy atom. The summed E-state index contributed by atoms with van der Waals surface area (Å²) in [6.07, 6.45) is 1.03. The number of ether oxygens (including phenoxy) is 1. The quantitative estimate of drug-likeness (QED) is 0.531. The van der Waals surface area contributed by atoms with E-state index in [-0.39, 0.29) is 26.5 Å². The van der Waals surface area contributed by atoms with Gasteiger partial charge in [-0.15, -0.1) is 0 Å². The van der Waals surface area contributed by atoms with Gasteiger partial charge in [-0.3, -0.25) is 4.79 Å². The minimum Gasteiger partial charge on any atom is -0.449 e. The summed E-state index contributed by atoms with van der Waals surface area (Å²) in [4.78, 5) is 24.5. The minimum absolute atomic E-state index is 0.0722. The van der Waals surface area contributed by atoms with Gasteiger partial charge < -0.3 is 10.1 Å². The first-order valence-corrected chi connectivity index (χ1v) is 12.0. The van der Waals surface area contributed by atoms with Crippen LogP contribution in [0.25, 0.3) is 0 Å². The van der Waals surface area contributed by atoms with Gasteiger partial charge in [0.25, 0.3) is 5.91 Å². The molecule has 0 spiro atoms. The predicted molar refractivity (Wildman–Crippen MR) is 118 cm³/mol. The Hall–Kier alpha value is -2.13. The van der Waals surface area contributed by atoms with E-state index in [2.05, 4.69) is 10.0 Å². The normalized spacial score (nSPS) is 14.7. The summed E-state index contributed by atoms with van der Waals surface area (Å²) in [5, 5.41) is 2.52. The van der Waals surface area contributed by atoms with Gasteiger partial charge >= 0.3 is 5.97 Å². The monoisotopic (exact) mass is 484 g/mol. The predicted octanol–water partition coefficient (Wildman–Crippen LogP) is 3.34. The molecule has 0 radical (unpaired) electrons. The molecule has 0 heterocycles. The summed E-state index contributed by atoms with van der Waals surface area (Å²) >= 11 is 12.1. The number of carbonyl (C=O) groups excluding carboxylic acids is 2. The summed E-state index contributed by atoms with van der Waals surface area (Å²) in [5.41, 5.74) is 0.875. The lowest BCUT2D eigenvalue weighted by molar-refractivity contribution is -0.129. The molecule has 1 atom stereocenters. The molecule has 2 N–H and O–H groups in total. The molecule has 3 rings (SSSR count). The number of sulfonamides is 1. The number of rotatable bonds is 9. The molecule has 2 aromatic rings. The molecular formula is C21H22Cl2N2O5S.